The second-order valence-corrected chi connectivity index (χ2v) is 4.17. The fraction of sp³-hybridized carbons (Fsp3) is 0.583. The highest BCUT2D eigenvalue weighted by atomic mass is 19.4. The Balaban J connectivity index is 3.19. The zero-order valence-electron chi connectivity index (χ0n) is 10.7. The molecule has 1 N–H and O–H groups in total. The number of aryl methyl sites for hydroxylation is 2. The highest BCUT2D eigenvalue weighted by Gasteiger charge is 2.31. The number of nitrogens with zero attached hydrogens (tertiary/aromatic N) is 2. The van der Waals surface area contributed by atoms with E-state index < -0.39 is 12.7 Å². The van der Waals surface area contributed by atoms with Crippen LogP contribution in [-0.4, -0.2) is 29.4 Å². The van der Waals surface area contributed by atoms with Crippen molar-refractivity contribution in [3.63, 3.8) is 0 Å². The molecule has 1 aromatic rings. The normalized spacial score (nSPS) is 11.7. The van der Waals surface area contributed by atoms with Crippen molar-refractivity contribution in [2.75, 3.05) is 18.0 Å². The van der Waals surface area contributed by atoms with Crippen molar-refractivity contribution in [1.29, 1.82) is 0 Å². The average molecular weight is 262 g/mol. The van der Waals surface area contributed by atoms with Crippen LogP contribution in [0, 0.1) is 13.8 Å². The van der Waals surface area contributed by atoms with Crippen molar-refractivity contribution in [1.82, 2.24) is 4.98 Å². The van der Waals surface area contributed by atoms with E-state index in [4.69, 9.17) is 0 Å². The van der Waals surface area contributed by atoms with Gasteiger partial charge in [-0.05, 0) is 32.4 Å². The molecule has 0 aliphatic rings. The Morgan fingerprint density at radius 1 is 1.33 bits per heavy atom. The van der Waals surface area contributed by atoms with Gasteiger partial charge < -0.3 is 10.0 Å². The van der Waals surface area contributed by atoms with Crippen LogP contribution in [0.25, 0.3) is 0 Å². The number of pyridine rings is 1. The number of aliphatic hydroxyl groups is 1. The van der Waals surface area contributed by atoms with Gasteiger partial charge in [-0.2, -0.15) is 13.2 Å². The van der Waals surface area contributed by atoms with Gasteiger partial charge in [0.25, 0.3) is 0 Å². The van der Waals surface area contributed by atoms with Gasteiger partial charge in [0.05, 0.1) is 6.61 Å². The van der Waals surface area contributed by atoms with E-state index in [1.165, 1.54) is 0 Å². The van der Waals surface area contributed by atoms with Gasteiger partial charge in [-0.3, -0.25) is 0 Å². The number of alkyl halides is 3. The zero-order chi connectivity index (χ0) is 13.9. The first kappa shape index (κ1) is 14.8. The fourth-order valence-electron chi connectivity index (χ4n) is 1.85. The molecule has 0 spiro atoms. The molecule has 0 radical (unpaired) electrons. The van der Waals surface area contributed by atoms with Gasteiger partial charge in [0.1, 0.15) is 12.4 Å². The van der Waals surface area contributed by atoms with Gasteiger partial charge in [-0.25, -0.2) is 4.98 Å². The minimum absolute atomic E-state index is 0.183. The first-order valence-corrected chi connectivity index (χ1v) is 5.68. The number of rotatable bonds is 4. The molecule has 0 aromatic carbocycles. The van der Waals surface area contributed by atoms with Gasteiger partial charge in [0.2, 0.25) is 0 Å². The van der Waals surface area contributed by atoms with E-state index in [1.807, 2.05) is 0 Å². The molecule has 0 atom stereocenters. The summed E-state index contributed by atoms with van der Waals surface area (Å²) in [5, 5.41) is 9.28. The van der Waals surface area contributed by atoms with Crippen LogP contribution in [0.15, 0.2) is 6.07 Å². The van der Waals surface area contributed by atoms with Crippen molar-refractivity contribution in [3.8, 4) is 0 Å². The van der Waals surface area contributed by atoms with Crippen molar-refractivity contribution < 1.29 is 18.3 Å². The number of hydrogen-bond acceptors (Lipinski definition) is 3. The molecule has 18 heavy (non-hydrogen) atoms. The number of anilines is 1. The second-order valence-electron chi connectivity index (χ2n) is 4.17. The van der Waals surface area contributed by atoms with Gasteiger partial charge in [0, 0.05) is 17.8 Å². The minimum atomic E-state index is -4.29. The lowest BCUT2D eigenvalue weighted by Gasteiger charge is -2.26. The minimum Gasteiger partial charge on any atom is -0.392 e. The first-order valence-electron chi connectivity index (χ1n) is 5.68. The molecule has 1 heterocycles. The number of aliphatic hydroxyl groups excluding tert-OH is 1. The Morgan fingerprint density at radius 2 is 1.94 bits per heavy atom. The Labute approximate surface area is 104 Å². The summed E-state index contributed by atoms with van der Waals surface area (Å²) in [7, 11) is 0. The summed E-state index contributed by atoms with van der Waals surface area (Å²) in [5.74, 6) is 0.217. The molecular weight excluding hydrogens is 245 g/mol. The van der Waals surface area contributed by atoms with Crippen LogP contribution < -0.4 is 4.90 Å². The van der Waals surface area contributed by atoms with Crippen LogP contribution in [0.3, 0.4) is 0 Å². The maximum absolute atomic E-state index is 12.5. The van der Waals surface area contributed by atoms with Crippen LogP contribution in [-0.2, 0) is 6.61 Å². The molecule has 0 amide bonds. The molecule has 0 bridgehead atoms. The number of aromatic nitrogens is 1. The molecule has 0 fully saturated rings. The van der Waals surface area contributed by atoms with E-state index >= 15 is 0 Å². The van der Waals surface area contributed by atoms with Crippen LogP contribution >= 0.6 is 0 Å². The van der Waals surface area contributed by atoms with Crippen molar-refractivity contribution in [2.24, 2.45) is 0 Å². The summed E-state index contributed by atoms with van der Waals surface area (Å²) in [4.78, 5) is 5.26. The predicted octanol–water partition coefficient (Wildman–Crippen LogP) is 2.58. The van der Waals surface area contributed by atoms with Crippen LogP contribution in [0.4, 0.5) is 19.0 Å². The summed E-state index contributed by atoms with van der Waals surface area (Å²) < 4.78 is 37.4. The topological polar surface area (TPSA) is 36.4 Å². The SMILES string of the molecule is CCN(CC(F)(F)F)c1nc(C)cc(C)c1CO. The van der Waals surface area contributed by atoms with E-state index in [-0.39, 0.29) is 19.0 Å². The lowest BCUT2D eigenvalue weighted by atomic mass is 10.1. The maximum atomic E-state index is 12.5. The van der Waals surface area contributed by atoms with E-state index in [2.05, 4.69) is 4.98 Å². The third-order valence-electron chi connectivity index (χ3n) is 2.66. The summed E-state index contributed by atoms with van der Waals surface area (Å²) in [6.07, 6.45) is -4.29. The molecule has 6 heteroatoms. The van der Waals surface area contributed by atoms with Crippen molar-refractivity contribution in [3.05, 3.63) is 22.9 Å². The second kappa shape index (κ2) is 5.56. The molecule has 0 unspecified atom stereocenters. The highest BCUT2D eigenvalue weighted by molar-refractivity contribution is 5.51. The van der Waals surface area contributed by atoms with E-state index in [1.54, 1.807) is 26.8 Å². The van der Waals surface area contributed by atoms with Crippen LogP contribution in [0.5, 0.6) is 0 Å². The standard InChI is InChI=1S/C12H17F3N2O/c1-4-17(7-12(13,14)15)11-10(6-18)8(2)5-9(3)16-11/h5,18H,4,6-7H2,1-3H3. The highest BCUT2D eigenvalue weighted by Crippen LogP contribution is 2.26. The molecule has 0 aliphatic heterocycles. The van der Waals surface area contributed by atoms with Crippen molar-refractivity contribution >= 4 is 5.82 Å². The van der Waals surface area contributed by atoms with Gasteiger partial charge in [-0.1, -0.05) is 0 Å². The predicted molar refractivity (Wildman–Crippen MR) is 63.6 cm³/mol. The smallest absolute Gasteiger partial charge is 0.392 e. The van der Waals surface area contributed by atoms with E-state index in [0.29, 0.717) is 11.3 Å². The van der Waals surface area contributed by atoms with Crippen molar-refractivity contribution in [2.45, 2.75) is 33.6 Å². The maximum Gasteiger partial charge on any atom is 0.405 e. The summed E-state index contributed by atoms with van der Waals surface area (Å²) in [6.45, 7) is 3.91. The average Bonchev–Trinajstić information content (AvgIpc) is 2.23. The molecule has 0 saturated carbocycles. The third-order valence-corrected chi connectivity index (χ3v) is 2.66. The van der Waals surface area contributed by atoms with E-state index in [9.17, 15) is 18.3 Å². The number of hydrogen-bond donors (Lipinski definition) is 1. The molecule has 3 nitrogen and oxygen atoms in total. The fourth-order valence-corrected chi connectivity index (χ4v) is 1.85. The summed E-state index contributed by atoms with van der Waals surface area (Å²) in [5.41, 5.74) is 1.84. The molecule has 0 aliphatic carbocycles. The Morgan fingerprint density at radius 3 is 2.39 bits per heavy atom. The van der Waals surface area contributed by atoms with Gasteiger partial charge in [-0.15, -0.1) is 0 Å². The molecule has 1 aromatic heterocycles. The summed E-state index contributed by atoms with van der Waals surface area (Å²) >= 11 is 0. The molecule has 1 rings (SSSR count). The zero-order valence-corrected chi connectivity index (χ0v) is 10.7. The molecule has 0 saturated heterocycles. The lowest BCUT2D eigenvalue weighted by Crippen LogP contribution is -2.35. The van der Waals surface area contributed by atoms with Gasteiger partial charge >= 0.3 is 6.18 Å². The number of halogens is 3. The Bertz CT molecular complexity index is 419. The molecule has 102 valence electrons. The quantitative estimate of drug-likeness (QED) is 0.906. The third kappa shape index (κ3) is 3.60. The van der Waals surface area contributed by atoms with Gasteiger partial charge in [0.15, 0.2) is 0 Å². The first-order chi connectivity index (χ1) is 8.28. The summed E-state index contributed by atoms with van der Waals surface area (Å²) in [6, 6.07) is 1.75. The van der Waals surface area contributed by atoms with Crippen LogP contribution in [0.2, 0.25) is 0 Å². The monoisotopic (exact) mass is 262 g/mol. The van der Waals surface area contributed by atoms with E-state index in [0.717, 1.165) is 10.5 Å². The Hall–Kier alpha value is -1.30. The van der Waals surface area contributed by atoms with Crippen LogP contribution in [0.1, 0.15) is 23.7 Å². The largest absolute Gasteiger partial charge is 0.405 e. The lowest BCUT2D eigenvalue weighted by molar-refractivity contribution is -0.119. The molecular formula is C12H17F3N2O. The Kier molecular flexibility index (Phi) is 4.56.